The molecule has 0 unspecified atom stereocenters. The molecule has 2 heterocycles. The molecule has 1 saturated carbocycles. The molecule has 0 atom stereocenters. The maximum Gasteiger partial charge on any atom is 0.254 e. The Kier molecular flexibility index (Phi) is 4.36. The SMILES string of the molecule is Nc1n[nH]c(CCNC(=O)c2cn[nH]c2C2CCCCC2)n1. The van der Waals surface area contributed by atoms with Gasteiger partial charge in [0.05, 0.1) is 17.5 Å². The average molecular weight is 303 g/mol. The van der Waals surface area contributed by atoms with Gasteiger partial charge in [0.2, 0.25) is 5.95 Å². The zero-order valence-corrected chi connectivity index (χ0v) is 12.4. The molecule has 1 amide bonds. The number of nitrogens with zero attached hydrogens (tertiary/aromatic N) is 3. The lowest BCUT2D eigenvalue weighted by atomic mass is 9.85. The van der Waals surface area contributed by atoms with Crippen molar-refractivity contribution in [2.75, 3.05) is 12.3 Å². The molecule has 1 aliphatic carbocycles. The summed E-state index contributed by atoms with van der Waals surface area (Å²) in [4.78, 5) is 16.3. The molecular weight excluding hydrogens is 282 g/mol. The van der Waals surface area contributed by atoms with Crippen LogP contribution in [0.2, 0.25) is 0 Å². The van der Waals surface area contributed by atoms with Gasteiger partial charge >= 0.3 is 0 Å². The van der Waals surface area contributed by atoms with E-state index in [1.807, 2.05) is 0 Å². The van der Waals surface area contributed by atoms with Crippen LogP contribution >= 0.6 is 0 Å². The van der Waals surface area contributed by atoms with Crippen LogP contribution in [-0.2, 0) is 6.42 Å². The molecule has 8 nitrogen and oxygen atoms in total. The number of aromatic nitrogens is 5. The molecule has 118 valence electrons. The van der Waals surface area contributed by atoms with E-state index in [-0.39, 0.29) is 11.9 Å². The lowest BCUT2D eigenvalue weighted by molar-refractivity contribution is 0.0952. The maximum atomic E-state index is 12.3. The number of hydrogen-bond donors (Lipinski definition) is 4. The second-order valence-electron chi connectivity index (χ2n) is 5.68. The van der Waals surface area contributed by atoms with E-state index < -0.39 is 0 Å². The van der Waals surface area contributed by atoms with Crippen molar-refractivity contribution in [2.45, 2.75) is 44.4 Å². The predicted molar refractivity (Wildman–Crippen MR) is 81.2 cm³/mol. The number of hydrogen-bond acceptors (Lipinski definition) is 5. The minimum atomic E-state index is -0.0955. The van der Waals surface area contributed by atoms with Crippen LogP contribution in [0.15, 0.2) is 6.20 Å². The van der Waals surface area contributed by atoms with Crippen molar-refractivity contribution in [3.05, 3.63) is 23.3 Å². The van der Waals surface area contributed by atoms with Gasteiger partial charge in [-0.2, -0.15) is 10.1 Å². The molecule has 1 aliphatic rings. The minimum absolute atomic E-state index is 0.0955. The number of carbonyl (C=O) groups is 1. The Morgan fingerprint density at radius 1 is 1.32 bits per heavy atom. The van der Waals surface area contributed by atoms with Crippen molar-refractivity contribution < 1.29 is 4.79 Å². The Balaban J connectivity index is 1.57. The molecular formula is C14H21N7O. The Morgan fingerprint density at radius 2 is 2.14 bits per heavy atom. The third-order valence-corrected chi connectivity index (χ3v) is 4.12. The van der Waals surface area contributed by atoms with Gasteiger partial charge in [-0.25, -0.2) is 0 Å². The zero-order chi connectivity index (χ0) is 15.4. The van der Waals surface area contributed by atoms with E-state index >= 15 is 0 Å². The number of carbonyl (C=O) groups excluding carboxylic acids is 1. The predicted octanol–water partition coefficient (Wildman–Crippen LogP) is 1.13. The highest BCUT2D eigenvalue weighted by atomic mass is 16.1. The average Bonchev–Trinajstić information content (AvgIpc) is 3.17. The van der Waals surface area contributed by atoms with E-state index in [1.54, 1.807) is 6.20 Å². The summed E-state index contributed by atoms with van der Waals surface area (Å²) in [6, 6.07) is 0. The second-order valence-corrected chi connectivity index (χ2v) is 5.68. The van der Waals surface area contributed by atoms with Crippen molar-refractivity contribution in [1.29, 1.82) is 0 Å². The molecule has 3 rings (SSSR count). The first-order chi connectivity index (χ1) is 10.7. The summed E-state index contributed by atoms with van der Waals surface area (Å²) in [5.74, 6) is 1.21. The van der Waals surface area contributed by atoms with Gasteiger partial charge in [-0.15, -0.1) is 5.10 Å². The van der Waals surface area contributed by atoms with Crippen molar-refractivity contribution in [3.8, 4) is 0 Å². The topological polar surface area (TPSA) is 125 Å². The van der Waals surface area contributed by atoms with E-state index in [4.69, 9.17) is 5.73 Å². The number of nitrogen functional groups attached to an aromatic ring is 1. The molecule has 0 saturated heterocycles. The van der Waals surface area contributed by atoms with E-state index in [0.717, 1.165) is 18.5 Å². The molecule has 0 radical (unpaired) electrons. The molecule has 2 aromatic heterocycles. The van der Waals surface area contributed by atoms with Gasteiger partial charge in [0, 0.05) is 18.9 Å². The molecule has 0 bridgehead atoms. The minimum Gasteiger partial charge on any atom is -0.367 e. The summed E-state index contributed by atoms with van der Waals surface area (Å²) in [5, 5.41) is 16.4. The van der Waals surface area contributed by atoms with Gasteiger partial charge in [-0.05, 0) is 12.8 Å². The molecule has 1 fully saturated rings. The Hall–Kier alpha value is -2.38. The van der Waals surface area contributed by atoms with E-state index in [1.165, 1.54) is 19.3 Å². The summed E-state index contributed by atoms with van der Waals surface area (Å²) >= 11 is 0. The van der Waals surface area contributed by atoms with Gasteiger partial charge in [0.1, 0.15) is 5.82 Å². The van der Waals surface area contributed by atoms with Gasteiger partial charge in [0.25, 0.3) is 5.91 Å². The number of H-pyrrole nitrogens is 2. The third kappa shape index (κ3) is 3.26. The Labute approximate surface area is 128 Å². The molecule has 0 aromatic carbocycles. The summed E-state index contributed by atoms with van der Waals surface area (Å²) in [6.07, 6.45) is 8.15. The largest absolute Gasteiger partial charge is 0.367 e. The van der Waals surface area contributed by atoms with Crippen molar-refractivity contribution >= 4 is 11.9 Å². The quantitative estimate of drug-likeness (QED) is 0.659. The molecule has 5 N–H and O–H groups in total. The van der Waals surface area contributed by atoms with E-state index in [2.05, 4.69) is 30.7 Å². The smallest absolute Gasteiger partial charge is 0.254 e. The van der Waals surface area contributed by atoms with Crippen LogP contribution in [0.25, 0.3) is 0 Å². The first kappa shape index (κ1) is 14.6. The van der Waals surface area contributed by atoms with Crippen LogP contribution in [0.5, 0.6) is 0 Å². The van der Waals surface area contributed by atoms with Gasteiger partial charge in [-0.1, -0.05) is 19.3 Å². The number of nitrogens with one attached hydrogen (secondary N) is 3. The van der Waals surface area contributed by atoms with Crippen LogP contribution in [0, 0.1) is 0 Å². The fourth-order valence-electron chi connectivity index (χ4n) is 2.99. The number of anilines is 1. The first-order valence-electron chi connectivity index (χ1n) is 7.72. The van der Waals surface area contributed by atoms with Crippen LogP contribution < -0.4 is 11.1 Å². The summed E-state index contributed by atoms with van der Waals surface area (Å²) in [6.45, 7) is 0.475. The first-order valence-corrected chi connectivity index (χ1v) is 7.72. The van der Waals surface area contributed by atoms with Crippen LogP contribution in [0.3, 0.4) is 0 Å². The lowest BCUT2D eigenvalue weighted by Crippen LogP contribution is -2.27. The Morgan fingerprint density at radius 3 is 2.86 bits per heavy atom. The second kappa shape index (κ2) is 6.59. The van der Waals surface area contributed by atoms with Crippen molar-refractivity contribution in [3.63, 3.8) is 0 Å². The Bertz CT molecular complexity index is 627. The van der Waals surface area contributed by atoms with E-state index in [0.29, 0.717) is 30.3 Å². The highest BCUT2D eigenvalue weighted by molar-refractivity contribution is 5.95. The monoisotopic (exact) mass is 303 g/mol. The van der Waals surface area contributed by atoms with E-state index in [9.17, 15) is 4.79 Å². The summed E-state index contributed by atoms with van der Waals surface area (Å²) in [7, 11) is 0. The third-order valence-electron chi connectivity index (χ3n) is 4.12. The van der Waals surface area contributed by atoms with Gasteiger partial charge < -0.3 is 11.1 Å². The number of aromatic amines is 2. The molecule has 22 heavy (non-hydrogen) atoms. The lowest BCUT2D eigenvalue weighted by Gasteiger charge is -2.21. The summed E-state index contributed by atoms with van der Waals surface area (Å²) in [5.41, 5.74) is 7.07. The molecule has 2 aromatic rings. The number of amides is 1. The normalized spacial score (nSPS) is 15.8. The molecule has 0 aliphatic heterocycles. The number of rotatable bonds is 5. The van der Waals surface area contributed by atoms with Crippen LogP contribution in [-0.4, -0.2) is 37.8 Å². The highest BCUT2D eigenvalue weighted by Crippen LogP contribution is 2.32. The van der Waals surface area contributed by atoms with Crippen LogP contribution in [0.1, 0.15) is 59.9 Å². The molecule has 0 spiro atoms. The van der Waals surface area contributed by atoms with Gasteiger partial charge in [0.15, 0.2) is 0 Å². The van der Waals surface area contributed by atoms with Crippen LogP contribution in [0.4, 0.5) is 5.95 Å². The fraction of sp³-hybridized carbons (Fsp3) is 0.571. The van der Waals surface area contributed by atoms with Crippen molar-refractivity contribution in [1.82, 2.24) is 30.7 Å². The standard InChI is InChI=1S/C14H21N7O/c15-14-18-11(19-21-14)6-7-16-13(22)10-8-17-20-12(10)9-4-2-1-3-5-9/h8-9H,1-7H2,(H,16,22)(H,17,20)(H3,15,18,19,21). The summed E-state index contributed by atoms with van der Waals surface area (Å²) < 4.78 is 0. The maximum absolute atomic E-state index is 12.3. The number of nitrogens with two attached hydrogens (primary N) is 1. The van der Waals surface area contributed by atoms with Gasteiger partial charge in [-0.3, -0.25) is 15.0 Å². The molecule has 8 heteroatoms. The van der Waals surface area contributed by atoms with Crippen molar-refractivity contribution in [2.24, 2.45) is 0 Å². The zero-order valence-electron chi connectivity index (χ0n) is 12.4. The highest BCUT2D eigenvalue weighted by Gasteiger charge is 2.23. The fourth-order valence-corrected chi connectivity index (χ4v) is 2.99.